The number of anilines is 4. The van der Waals surface area contributed by atoms with Crippen molar-refractivity contribution in [1.82, 2.24) is 15.0 Å². The predicted octanol–water partition coefficient (Wildman–Crippen LogP) is 4.50. The van der Waals surface area contributed by atoms with Crippen molar-refractivity contribution in [1.29, 1.82) is 0 Å². The summed E-state index contributed by atoms with van der Waals surface area (Å²) < 4.78 is 19.4. The summed E-state index contributed by atoms with van der Waals surface area (Å²) in [7, 11) is 5.90. The van der Waals surface area contributed by atoms with Crippen LogP contribution in [-0.4, -0.2) is 68.6 Å². The maximum atomic E-state index is 14.1. The minimum atomic E-state index is -0.458. The second-order valence-electron chi connectivity index (χ2n) is 7.64. The third-order valence-electron chi connectivity index (χ3n) is 4.96. The molecule has 0 aliphatic carbocycles. The summed E-state index contributed by atoms with van der Waals surface area (Å²) in [4.78, 5) is 16.3. The van der Waals surface area contributed by atoms with Crippen LogP contribution in [0.2, 0.25) is 0 Å². The van der Waals surface area contributed by atoms with Gasteiger partial charge in [0.2, 0.25) is 5.95 Å². The number of hydrogen-bond donors (Lipinski definition) is 2. The Morgan fingerprint density at radius 1 is 1.03 bits per heavy atom. The lowest BCUT2D eigenvalue weighted by Gasteiger charge is -2.21. The molecule has 194 valence electrons. The van der Waals surface area contributed by atoms with Gasteiger partial charge in [0, 0.05) is 46.5 Å². The minimum Gasteiger partial charge on any atom is -0.387 e. The van der Waals surface area contributed by atoms with Gasteiger partial charge in [-0.2, -0.15) is 10.1 Å². The van der Waals surface area contributed by atoms with Crippen LogP contribution >= 0.6 is 0 Å². The molecule has 1 saturated heterocycles. The van der Waals surface area contributed by atoms with Gasteiger partial charge in [-0.1, -0.05) is 32.0 Å². The summed E-state index contributed by atoms with van der Waals surface area (Å²) in [6.07, 6.45) is 5.23. The van der Waals surface area contributed by atoms with Crippen molar-refractivity contribution < 1.29 is 9.13 Å². The van der Waals surface area contributed by atoms with E-state index in [4.69, 9.17) is 4.74 Å². The molecule has 1 aromatic carbocycles. The molecule has 36 heavy (non-hydrogen) atoms. The second kappa shape index (κ2) is 16.0. The number of nitrogens with one attached hydrogen (secondary N) is 2. The first-order chi connectivity index (χ1) is 17.6. The maximum Gasteiger partial charge on any atom is 0.245 e. The zero-order valence-corrected chi connectivity index (χ0v) is 21.8. The Morgan fingerprint density at radius 3 is 2.44 bits per heavy atom. The number of hydrazone groups is 1. The van der Waals surface area contributed by atoms with Gasteiger partial charge in [0.25, 0.3) is 0 Å². The molecule has 0 radical (unpaired) electrons. The van der Waals surface area contributed by atoms with E-state index in [1.54, 1.807) is 12.4 Å². The number of halogens is 1. The summed E-state index contributed by atoms with van der Waals surface area (Å²) in [5.41, 5.74) is 5.55. The smallest absolute Gasteiger partial charge is 0.245 e. The van der Waals surface area contributed by atoms with E-state index in [0.717, 1.165) is 18.3 Å². The van der Waals surface area contributed by atoms with Crippen LogP contribution < -0.4 is 20.5 Å². The maximum absolute atomic E-state index is 14.1. The van der Waals surface area contributed by atoms with Crippen LogP contribution in [0.25, 0.3) is 0 Å². The lowest BCUT2D eigenvalue weighted by atomic mass is 10.3. The molecular weight excluding hydrogens is 459 g/mol. The van der Waals surface area contributed by atoms with Crippen LogP contribution in [0, 0.1) is 5.82 Å². The molecule has 1 fully saturated rings. The Balaban J connectivity index is 0.000000347. The first-order valence-corrected chi connectivity index (χ1v) is 12.1. The highest BCUT2D eigenvalue weighted by molar-refractivity contribution is 5.77. The lowest BCUT2D eigenvalue weighted by molar-refractivity contribution is 0.152. The van der Waals surface area contributed by atoms with Crippen LogP contribution in [0.3, 0.4) is 0 Å². The van der Waals surface area contributed by atoms with E-state index in [-0.39, 0.29) is 11.8 Å². The van der Waals surface area contributed by atoms with Crippen molar-refractivity contribution in [3.63, 3.8) is 0 Å². The molecule has 1 aliphatic heterocycles. The van der Waals surface area contributed by atoms with Crippen molar-refractivity contribution in [2.45, 2.75) is 20.3 Å². The molecule has 0 amide bonds. The zero-order valence-electron chi connectivity index (χ0n) is 21.8. The first-order valence-electron chi connectivity index (χ1n) is 12.1. The van der Waals surface area contributed by atoms with Crippen LogP contribution in [0.15, 0.2) is 60.0 Å². The molecule has 0 saturated carbocycles. The molecule has 3 heterocycles. The molecule has 0 spiro atoms. The van der Waals surface area contributed by atoms with Crippen molar-refractivity contribution in [2.24, 2.45) is 5.10 Å². The van der Waals surface area contributed by atoms with Gasteiger partial charge < -0.3 is 19.9 Å². The van der Waals surface area contributed by atoms with Gasteiger partial charge in [-0.25, -0.2) is 14.8 Å². The summed E-state index contributed by atoms with van der Waals surface area (Å²) in [6.45, 7) is 6.52. The number of rotatable bonds is 6. The van der Waals surface area contributed by atoms with E-state index in [0.29, 0.717) is 32.0 Å². The molecule has 0 unspecified atom stereocenters. The molecule has 2 aromatic heterocycles. The van der Waals surface area contributed by atoms with E-state index in [1.165, 1.54) is 5.69 Å². The number of hydrogen-bond acceptors (Lipinski definition) is 9. The second-order valence-corrected chi connectivity index (χ2v) is 7.64. The number of para-hydroxylation sites is 1. The summed E-state index contributed by atoms with van der Waals surface area (Å²) in [5, 5.41) is 7.04. The number of ether oxygens (including phenoxy) is 1. The average Bonchev–Trinajstić information content (AvgIpc) is 3.22. The standard InChI is InChI=1S/C16H20FN7O.C8H11N.C2H6/c1-18-12-3-4-13(19-9-12)10-21-23-16-20-11-14(17)15(22-16)24-5-2-7-25-8-6-24;1-9(2)8-6-4-3-5-7-8;1-2/h3-4,9-11,18H,2,5-8H2,1H3,(H,20,22,23);3-7H,1-2H3;1-2H3/b21-10+;;. The Hall–Kier alpha value is -3.79. The SMILES string of the molecule is CC.CN(C)c1ccccc1.CNc1ccc(/C=N/Nc2ncc(F)c(N3CCCOCC3)n2)nc1. The van der Waals surface area contributed by atoms with Crippen molar-refractivity contribution in [3.8, 4) is 0 Å². The van der Waals surface area contributed by atoms with Crippen LogP contribution in [0.4, 0.5) is 27.5 Å². The summed E-state index contributed by atoms with van der Waals surface area (Å²) in [5.74, 6) is 0.0279. The van der Waals surface area contributed by atoms with E-state index < -0.39 is 5.82 Å². The summed E-state index contributed by atoms with van der Waals surface area (Å²) >= 11 is 0. The van der Waals surface area contributed by atoms with Crippen LogP contribution in [0.5, 0.6) is 0 Å². The van der Waals surface area contributed by atoms with E-state index in [9.17, 15) is 4.39 Å². The molecule has 9 nitrogen and oxygen atoms in total. The first kappa shape index (κ1) is 28.4. The molecule has 2 N–H and O–H groups in total. The molecule has 4 rings (SSSR count). The number of nitrogens with zero attached hydrogens (tertiary/aromatic N) is 6. The monoisotopic (exact) mass is 496 g/mol. The van der Waals surface area contributed by atoms with E-state index in [2.05, 4.69) is 47.8 Å². The number of benzene rings is 1. The van der Waals surface area contributed by atoms with Gasteiger partial charge in [0.1, 0.15) is 0 Å². The van der Waals surface area contributed by atoms with Gasteiger partial charge in [-0.15, -0.1) is 0 Å². The Morgan fingerprint density at radius 2 is 1.81 bits per heavy atom. The fourth-order valence-corrected chi connectivity index (χ4v) is 3.10. The Labute approximate surface area is 213 Å². The van der Waals surface area contributed by atoms with Gasteiger partial charge in [-0.05, 0) is 30.7 Å². The number of pyridine rings is 1. The molecule has 10 heteroatoms. The number of aromatic nitrogens is 3. The predicted molar refractivity (Wildman–Crippen MR) is 147 cm³/mol. The quantitative estimate of drug-likeness (QED) is 0.381. The van der Waals surface area contributed by atoms with Gasteiger partial charge >= 0.3 is 0 Å². The molecular formula is C26H37FN8O. The van der Waals surface area contributed by atoms with Crippen molar-refractivity contribution in [2.75, 3.05) is 68.0 Å². The van der Waals surface area contributed by atoms with Crippen LogP contribution in [-0.2, 0) is 4.74 Å². The fraction of sp³-hybridized carbons (Fsp3) is 0.385. The molecule has 1 aliphatic rings. The van der Waals surface area contributed by atoms with Crippen molar-refractivity contribution in [3.05, 3.63) is 66.4 Å². The van der Waals surface area contributed by atoms with Gasteiger partial charge in [0.05, 0.1) is 36.6 Å². The molecule has 0 bridgehead atoms. The highest BCUT2D eigenvalue weighted by Crippen LogP contribution is 2.18. The third kappa shape index (κ3) is 9.46. The zero-order chi connectivity index (χ0) is 26.2. The minimum absolute atomic E-state index is 0.227. The van der Waals surface area contributed by atoms with Crippen LogP contribution in [0.1, 0.15) is 26.0 Å². The topological polar surface area (TPSA) is 90.8 Å². The van der Waals surface area contributed by atoms with Gasteiger partial charge in [0.15, 0.2) is 11.6 Å². The van der Waals surface area contributed by atoms with Gasteiger partial charge in [-0.3, -0.25) is 4.98 Å². The average molecular weight is 497 g/mol. The highest BCUT2D eigenvalue weighted by atomic mass is 19.1. The molecule has 3 aromatic rings. The largest absolute Gasteiger partial charge is 0.387 e. The fourth-order valence-electron chi connectivity index (χ4n) is 3.10. The third-order valence-corrected chi connectivity index (χ3v) is 4.96. The molecule has 0 atom stereocenters. The lowest BCUT2D eigenvalue weighted by Crippen LogP contribution is -2.28. The summed E-state index contributed by atoms with van der Waals surface area (Å²) in [6, 6.07) is 14.0. The highest BCUT2D eigenvalue weighted by Gasteiger charge is 2.16. The van der Waals surface area contributed by atoms with E-state index in [1.807, 2.05) is 70.2 Å². The van der Waals surface area contributed by atoms with Crippen molar-refractivity contribution >= 4 is 29.4 Å². The van der Waals surface area contributed by atoms with E-state index >= 15 is 0 Å². The Kier molecular flexibility index (Phi) is 12.6. The Bertz CT molecular complexity index is 1020. The normalized spacial score (nSPS) is 13.0.